The Balaban J connectivity index is 2.59. The van der Waals surface area contributed by atoms with Crippen molar-refractivity contribution in [1.82, 2.24) is 4.98 Å². The summed E-state index contributed by atoms with van der Waals surface area (Å²) in [5, 5.41) is 1.71. The second kappa shape index (κ2) is 7.16. The van der Waals surface area contributed by atoms with Gasteiger partial charge in [0.1, 0.15) is 0 Å². The lowest BCUT2D eigenvalue weighted by atomic mass is 9.90. The van der Waals surface area contributed by atoms with E-state index in [1.807, 2.05) is 18.2 Å². The van der Waals surface area contributed by atoms with Crippen LogP contribution < -0.4 is 5.73 Å². The van der Waals surface area contributed by atoms with Gasteiger partial charge in [0.05, 0.1) is 13.0 Å². The van der Waals surface area contributed by atoms with Crippen LogP contribution in [0.3, 0.4) is 0 Å². The summed E-state index contributed by atoms with van der Waals surface area (Å²) in [6.07, 6.45) is 1.42. The molecule has 0 spiro atoms. The topological polar surface area (TPSA) is 68.1 Å². The number of hydrogen-bond acceptors (Lipinski definition) is 3. The number of halogens is 1. The molecule has 2 rings (SSSR count). The van der Waals surface area contributed by atoms with Gasteiger partial charge in [0, 0.05) is 21.6 Å². The third kappa shape index (κ3) is 3.45. The number of aromatic amines is 1. The average Bonchev–Trinajstić information content (AvgIpc) is 2.82. The molecule has 0 aliphatic carbocycles. The van der Waals surface area contributed by atoms with Crippen LogP contribution in [0.2, 0.25) is 5.02 Å². The van der Waals surface area contributed by atoms with E-state index in [9.17, 15) is 4.79 Å². The average molecular weight is 323 g/mol. The Morgan fingerprint density at radius 2 is 2.14 bits per heavy atom. The lowest BCUT2D eigenvalue weighted by molar-refractivity contribution is -0.143. The van der Waals surface area contributed by atoms with Crippen LogP contribution in [0.1, 0.15) is 37.4 Å². The highest BCUT2D eigenvalue weighted by molar-refractivity contribution is 6.31. The van der Waals surface area contributed by atoms with Crippen LogP contribution in [-0.4, -0.2) is 24.6 Å². The summed E-state index contributed by atoms with van der Waals surface area (Å²) in [6, 6.07) is 5.70. The number of benzene rings is 1. The Labute approximate surface area is 136 Å². The van der Waals surface area contributed by atoms with Gasteiger partial charge in [0.15, 0.2) is 0 Å². The molecule has 1 unspecified atom stereocenters. The van der Waals surface area contributed by atoms with Gasteiger partial charge in [0.25, 0.3) is 0 Å². The number of carbonyl (C=O) groups excluding carboxylic acids is 1. The number of carbonyl (C=O) groups is 1. The molecule has 0 bridgehead atoms. The number of esters is 1. The van der Waals surface area contributed by atoms with Crippen molar-refractivity contribution in [3.05, 3.63) is 34.5 Å². The fraction of sp³-hybridized carbons (Fsp3) is 0.471. The Hall–Kier alpha value is -1.52. The predicted molar refractivity (Wildman–Crippen MR) is 90.3 cm³/mol. The first-order valence-corrected chi connectivity index (χ1v) is 7.93. The van der Waals surface area contributed by atoms with Crippen molar-refractivity contribution in [2.24, 2.45) is 11.7 Å². The maximum atomic E-state index is 12.2. The van der Waals surface area contributed by atoms with E-state index in [0.29, 0.717) is 23.9 Å². The lowest BCUT2D eigenvalue weighted by Crippen LogP contribution is -2.19. The highest BCUT2D eigenvalue weighted by Crippen LogP contribution is 2.33. The minimum absolute atomic E-state index is 0.218. The zero-order valence-corrected chi connectivity index (χ0v) is 14.0. The van der Waals surface area contributed by atoms with Gasteiger partial charge >= 0.3 is 5.97 Å². The first-order valence-electron chi connectivity index (χ1n) is 7.55. The number of fused-ring (bicyclic) bond motifs is 1. The van der Waals surface area contributed by atoms with E-state index in [1.54, 1.807) is 0 Å². The minimum Gasteiger partial charge on any atom is -0.469 e. The minimum atomic E-state index is -0.308. The molecular formula is C17H23ClN2O2. The molecule has 0 fully saturated rings. The highest BCUT2D eigenvalue weighted by atomic mass is 35.5. The second-order valence-electron chi connectivity index (χ2n) is 5.95. The molecule has 1 heterocycles. The van der Waals surface area contributed by atoms with E-state index in [2.05, 4.69) is 18.8 Å². The van der Waals surface area contributed by atoms with E-state index >= 15 is 0 Å². The molecule has 5 heteroatoms. The highest BCUT2D eigenvalue weighted by Gasteiger charge is 2.27. The molecule has 120 valence electrons. The molecule has 0 saturated carbocycles. The summed E-state index contributed by atoms with van der Waals surface area (Å²) in [5.41, 5.74) is 8.71. The molecule has 1 aromatic carbocycles. The quantitative estimate of drug-likeness (QED) is 0.798. The summed E-state index contributed by atoms with van der Waals surface area (Å²) in [4.78, 5) is 15.6. The van der Waals surface area contributed by atoms with Gasteiger partial charge in [-0.2, -0.15) is 0 Å². The van der Waals surface area contributed by atoms with E-state index in [0.717, 1.165) is 28.6 Å². The molecule has 0 amide bonds. The molecule has 0 saturated heterocycles. The summed E-state index contributed by atoms with van der Waals surface area (Å²) in [7, 11) is 1.43. The molecular weight excluding hydrogens is 300 g/mol. The van der Waals surface area contributed by atoms with Gasteiger partial charge in [0.2, 0.25) is 0 Å². The van der Waals surface area contributed by atoms with E-state index < -0.39 is 0 Å². The van der Waals surface area contributed by atoms with Crippen LogP contribution in [0, 0.1) is 5.92 Å². The fourth-order valence-electron chi connectivity index (χ4n) is 2.90. The third-order valence-corrected chi connectivity index (χ3v) is 4.07. The van der Waals surface area contributed by atoms with Crippen molar-refractivity contribution in [2.45, 2.75) is 32.6 Å². The molecule has 0 radical (unpaired) electrons. The number of ether oxygens (including phenoxy) is 1. The molecule has 0 aliphatic heterocycles. The Morgan fingerprint density at radius 3 is 2.73 bits per heavy atom. The standard InChI is InChI=1S/C17H23ClN2O2/c1-10(2)8-14(17(21)22-3)16-12(6-7-19)13-9-11(18)4-5-15(13)20-16/h4-5,9-10,14,20H,6-8,19H2,1-3H3. The predicted octanol–water partition coefficient (Wildman–Crippen LogP) is 3.63. The van der Waals surface area contributed by atoms with Crippen LogP contribution in [0.5, 0.6) is 0 Å². The summed E-state index contributed by atoms with van der Waals surface area (Å²) in [6.45, 7) is 4.71. The van der Waals surface area contributed by atoms with Crippen molar-refractivity contribution >= 4 is 28.5 Å². The van der Waals surface area contributed by atoms with Crippen LogP contribution in [-0.2, 0) is 16.0 Å². The van der Waals surface area contributed by atoms with Gasteiger partial charge in [-0.05, 0) is 49.1 Å². The van der Waals surface area contributed by atoms with E-state index in [-0.39, 0.29) is 11.9 Å². The molecule has 1 aromatic heterocycles. The van der Waals surface area contributed by atoms with Crippen LogP contribution in [0.25, 0.3) is 10.9 Å². The van der Waals surface area contributed by atoms with Crippen LogP contribution in [0.4, 0.5) is 0 Å². The van der Waals surface area contributed by atoms with Crippen molar-refractivity contribution in [3.63, 3.8) is 0 Å². The number of hydrogen-bond donors (Lipinski definition) is 2. The first kappa shape index (κ1) is 16.8. The van der Waals surface area contributed by atoms with Gasteiger partial charge in [-0.15, -0.1) is 0 Å². The van der Waals surface area contributed by atoms with Gasteiger partial charge in [-0.3, -0.25) is 4.79 Å². The number of nitrogens with two attached hydrogens (primary N) is 1. The zero-order chi connectivity index (χ0) is 16.3. The van der Waals surface area contributed by atoms with Gasteiger partial charge < -0.3 is 15.5 Å². The number of H-pyrrole nitrogens is 1. The molecule has 0 aliphatic rings. The van der Waals surface area contributed by atoms with Crippen molar-refractivity contribution < 1.29 is 9.53 Å². The fourth-order valence-corrected chi connectivity index (χ4v) is 3.07. The number of nitrogens with one attached hydrogen (secondary N) is 1. The first-order chi connectivity index (χ1) is 10.5. The Bertz CT molecular complexity index is 664. The third-order valence-electron chi connectivity index (χ3n) is 3.84. The van der Waals surface area contributed by atoms with Gasteiger partial charge in [-0.1, -0.05) is 25.4 Å². The summed E-state index contributed by atoms with van der Waals surface area (Å²) >= 11 is 6.12. The molecule has 2 aromatic rings. The maximum Gasteiger partial charge on any atom is 0.314 e. The lowest BCUT2D eigenvalue weighted by Gasteiger charge is -2.17. The van der Waals surface area contributed by atoms with E-state index in [4.69, 9.17) is 22.1 Å². The number of methoxy groups -OCH3 is 1. The Morgan fingerprint density at radius 1 is 1.41 bits per heavy atom. The molecule has 4 nitrogen and oxygen atoms in total. The summed E-state index contributed by atoms with van der Waals surface area (Å²) in [5.74, 6) is -0.146. The largest absolute Gasteiger partial charge is 0.469 e. The normalized spacial score (nSPS) is 12.8. The smallest absolute Gasteiger partial charge is 0.314 e. The molecule has 1 atom stereocenters. The van der Waals surface area contributed by atoms with Crippen molar-refractivity contribution in [3.8, 4) is 0 Å². The molecule has 3 N–H and O–H groups in total. The van der Waals surface area contributed by atoms with Crippen LogP contribution >= 0.6 is 11.6 Å². The van der Waals surface area contributed by atoms with Crippen LogP contribution in [0.15, 0.2) is 18.2 Å². The monoisotopic (exact) mass is 322 g/mol. The maximum absolute atomic E-state index is 12.2. The summed E-state index contributed by atoms with van der Waals surface area (Å²) < 4.78 is 5.00. The zero-order valence-electron chi connectivity index (χ0n) is 13.3. The van der Waals surface area contributed by atoms with Crippen molar-refractivity contribution in [2.75, 3.05) is 13.7 Å². The SMILES string of the molecule is COC(=O)C(CC(C)C)c1[nH]c2ccc(Cl)cc2c1CCN. The Kier molecular flexibility index (Phi) is 5.48. The molecule has 22 heavy (non-hydrogen) atoms. The van der Waals surface area contributed by atoms with Crippen molar-refractivity contribution in [1.29, 1.82) is 0 Å². The number of rotatable bonds is 6. The van der Waals surface area contributed by atoms with E-state index in [1.165, 1.54) is 7.11 Å². The second-order valence-corrected chi connectivity index (χ2v) is 6.39. The number of aromatic nitrogens is 1. The van der Waals surface area contributed by atoms with Gasteiger partial charge in [-0.25, -0.2) is 0 Å².